The molecule has 0 unspecified atom stereocenters. The van der Waals surface area contributed by atoms with Crippen LogP contribution in [0.25, 0.3) is 0 Å². The maximum atomic E-state index is 4.18. The Kier molecular flexibility index (Phi) is 2.32. The molecular formula is C9H12N3. The third-order valence-corrected chi connectivity index (χ3v) is 2.16. The average Bonchev–Trinajstić information content (AvgIpc) is 2.59. The van der Waals surface area contributed by atoms with Crippen molar-refractivity contribution in [1.29, 1.82) is 0 Å². The minimum absolute atomic E-state index is 0.946. The fourth-order valence-corrected chi connectivity index (χ4v) is 1.54. The summed E-state index contributed by atoms with van der Waals surface area (Å²) in [5, 5.41) is 0. The first kappa shape index (κ1) is 7.68. The van der Waals surface area contributed by atoms with Gasteiger partial charge >= 0.3 is 0 Å². The molecule has 1 aromatic heterocycles. The van der Waals surface area contributed by atoms with Crippen LogP contribution in [-0.2, 0) is 6.54 Å². The lowest BCUT2D eigenvalue weighted by atomic mass is 10.4. The monoisotopic (exact) mass is 162 g/mol. The molecule has 0 aromatic carbocycles. The van der Waals surface area contributed by atoms with E-state index in [4.69, 9.17) is 0 Å². The molecule has 2 heterocycles. The lowest BCUT2D eigenvalue weighted by Gasteiger charge is -2.12. The van der Waals surface area contributed by atoms with Crippen molar-refractivity contribution < 1.29 is 0 Å². The summed E-state index contributed by atoms with van der Waals surface area (Å²) in [6.45, 7) is 3.36. The van der Waals surface area contributed by atoms with Crippen molar-refractivity contribution in [1.82, 2.24) is 14.9 Å². The molecule has 1 aliphatic heterocycles. The molecule has 0 N–H and O–H groups in total. The molecule has 63 valence electrons. The van der Waals surface area contributed by atoms with Crippen LogP contribution in [0.4, 0.5) is 0 Å². The van der Waals surface area contributed by atoms with Crippen LogP contribution in [0.1, 0.15) is 18.5 Å². The molecule has 3 nitrogen and oxygen atoms in total. The first-order chi connectivity index (χ1) is 5.95. The normalized spacial score (nSPS) is 18.3. The topological polar surface area (TPSA) is 29.0 Å². The Labute approximate surface area is 72.4 Å². The van der Waals surface area contributed by atoms with Crippen molar-refractivity contribution in [2.45, 2.75) is 19.4 Å². The van der Waals surface area contributed by atoms with Crippen LogP contribution in [0, 0.1) is 6.20 Å². The van der Waals surface area contributed by atoms with Crippen LogP contribution >= 0.6 is 0 Å². The highest BCUT2D eigenvalue weighted by molar-refractivity contribution is 4.94. The SMILES string of the molecule is [c]1cnc(CN2CCCC2)cn1. The molecule has 2 rings (SSSR count). The summed E-state index contributed by atoms with van der Waals surface area (Å²) in [5.41, 5.74) is 1.05. The van der Waals surface area contributed by atoms with Gasteiger partial charge in [0.1, 0.15) is 6.20 Å². The summed E-state index contributed by atoms with van der Waals surface area (Å²) in [4.78, 5) is 10.5. The number of hydrogen-bond donors (Lipinski definition) is 0. The van der Waals surface area contributed by atoms with Crippen molar-refractivity contribution in [2.75, 3.05) is 13.1 Å². The van der Waals surface area contributed by atoms with E-state index >= 15 is 0 Å². The van der Waals surface area contributed by atoms with Crippen molar-refractivity contribution in [3.8, 4) is 0 Å². The van der Waals surface area contributed by atoms with E-state index in [0.717, 1.165) is 12.2 Å². The van der Waals surface area contributed by atoms with Crippen molar-refractivity contribution in [2.24, 2.45) is 0 Å². The van der Waals surface area contributed by atoms with Crippen LogP contribution in [-0.4, -0.2) is 28.0 Å². The Morgan fingerprint density at radius 1 is 1.42 bits per heavy atom. The highest BCUT2D eigenvalue weighted by Gasteiger charge is 2.11. The van der Waals surface area contributed by atoms with E-state index in [-0.39, 0.29) is 0 Å². The first-order valence-electron chi connectivity index (χ1n) is 4.34. The van der Waals surface area contributed by atoms with Crippen LogP contribution in [0.3, 0.4) is 0 Å². The van der Waals surface area contributed by atoms with Crippen LogP contribution in [0.5, 0.6) is 0 Å². The molecule has 0 bridgehead atoms. The van der Waals surface area contributed by atoms with Gasteiger partial charge in [-0.15, -0.1) is 0 Å². The van der Waals surface area contributed by atoms with Gasteiger partial charge in [0.05, 0.1) is 18.1 Å². The Morgan fingerprint density at radius 2 is 2.25 bits per heavy atom. The highest BCUT2D eigenvalue weighted by Crippen LogP contribution is 2.09. The van der Waals surface area contributed by atoms with Gasteiger partial charge < -0.3 is 0 Å². The predicted molar refractivity (Wildman–Crippen MR) is 45.4 cm³/mol. The number of hydrogen-bond acceptors (Lipinski definition) is 3. The number of nitrogens with zero attached hydrogens (tertiary/aromatic N) is 3. The van der Waals surface area contributed by atoms with Gasteiger partial charge in [0, 0.05) is 6.54 Å². The van der Waals surface area contributed by atoms with E-state index in [1.807, 2.05) is 0 Å². The fourth-order valence-electron chi connectivity index (χ4n) is 1.54. The molecule has 0 amide bonds. The quantitative estimate of drug-likeness (QED) is 0.646. The molecule has 3 heteroatoms. The zero-order chi connectivity index (χ0) is 8.23. The lowest BCUT2D eigenvalue weighted by Crippen LogP contribution is -2.19. The number of aromatic nitrogens is 2. The molecule has 1 saturated heterocycles. The first-order valence-corrected chi connectivity index (χ1v) is 4.34. The van der Waals surface area contributed by atoms with Crippen LogP contribution in [0.15, 0.2) is 12.4 Å². The van der Waals surface area contributed by atoms with Gasteiger partial charge in [-0.25, -0.2) is 0 Å². The molecule has 0 saturated carbocycles. The van der Waals surface area contributed by atoms with Crippen molar-refractivity contribution in [3.05, 3.63) is 24.3 Å². The second kappa shape index (κ2) is 3.63. The minimum atomic E-state index is 0.946. The predicted octanol–water partition coefficient (Wildman–Crippen LogP) is 0.873. The zero-order valence-corrected chi connectivity index (χ0v) is 7.03. The second-order valence-corrected chi connectivity index (χ2v) is 3.12. The molecule has 0 atom stereocenters. The zero-order valence-electron chi connectivity index (χ0n) is 7.03. The van der Waals surface area contributed by atoms with Crippen LogP contribution < -0.4 is 0 Å². The number of rotatable bonds is 2. The maximum absolute atomic E-state index is 4.18. The summed E-state index contributed by atoms with van der Waals surface area (Å²) in [6, 6.07) is 0. The maximum Gasteiger partial charge on any atom is 0.108 e. The van der Waals surface area contributed by atoms with Gasteiger partial charge in [-0.05, 0) is 25.9 Å². The Balaban J connectivity index is 1.94. The van der Waals surface area contributed by atoms with Gasteiger partial charge in [0.25, 0.3) is 0 Å². The van der Waals surface area contributed by atoms with Gasteiger partial charge in [-0.3, -0.25) is 14.9 Å². The second-order valence-electron chi connectivity index (χ2n) is 3.12. The summed E-state index contributed by atoms with van der Waals surface area (Å²) in [5.74, 6) is 0. The largest absolute Gasteiger partial charge is 0.297 e. The molecular weight excluding hydrogens is 150 g/mol. The van der Waals surface area contributed by atoms with Gasteiger partial charge in [0.2, 0.25) is 0 Å². The summed E-state index contributed by atoms with van der Waals surface area (Å²) in [6.07, 6.45) is 8.75. The smallest absolute Gasteiger partial charge is 0.108 e. The Bertz CT molecular complexity index is 229. The Hall–Kier alpha value is -0.960. The lowest BCUT2D eigenvalue weighted by molar-refractivity contribution is 0.326. The third-order valence-electron chi connectivity index (χ3n) is 2.16. The van der Waals surface area contributed by atoms with E-state index in [2.05, 4.69) is 21.1 Å². The number of likely N-dealkylation sites (tertiary alicyclic amines) is 1. The van der Waals surface area contributed by atoms with Crippen LogP contribution in [0.2, 0.25) is 0 Å². The molecule has 1 aromatic rings. The van der Waals surface area contributed by atoms with Crippen molar-refractivity contribution >= 4 is 0 Å². The van der Waals surface area contributed by atoms with Gasteiger partial charge in [-0.1, -0.05) is 0 Å². The molecule has 1 aliphatic rings. The van der Waals surface area contributed by atoms with E-state index in [1.54, 1.807) is 12.4 Å². The van der Waals surface area contributed by atoms with E-state index in [1.165, 1.54) is 25.9 Å². The average molecular weight is 162 g/mol. The minimum Gasteiger partial charge on any atom is -0.297 e. The van der Waals surface area contributed by atoms with Gasteiger partial charge in [-0.2, -0.15) is 0 Å². The Morgan fingerprint density at radius 3 is 2.92 bits per heavy atom. The van der Waals surface area contributed by atoms with E-state index in [9.17, 15) is 0 Å². The fraction of sp³-hybridized carbons (Fsp3) is 0.556. The summed E-state index contributed by atoms with van der Waals surface area (Å²) < 4.78 is 0. The summed E-state index contributed by atoms with van der Waals surface area (Å²) >= 11 is 0. The van der Waals surface area contributed by atoms with Gasteiger partial charge in [0.15, 0.2) is 0 Å². The molecule has 1 radical (unpaired) electrons. The standard InChI is InChI=1S/C9H12N3/c1-2-6-12(5-1)8-9-7-10-3-4-11-9/h4,7H,1-2,5-6,8H2. The third kappa shape index (κ3) is 1.80. The van der Waals surface area contributed by atoms with E-state index in [0.29, 0.717) is 0 Å². The molecule has 1 fully saturated rings. The highest BCUT2D eigenvalue weighted by atomic mass is 15.1. The van der Waals surface area contributed by atoms with E-state index < -0.39 is 0 Å². The molecule has 0 spiro atoms. The molecule has 12 heavy (non-hydrogen) atoms. The molecule has 0 aliphatic carbocycles. The summed E-state index contributed by atoms with van der Waals surface area (Å²) in [7, 11) is 0. The van der Waals surface area contributed by atoms with Crippen molar-refractivity contribution in [3.63, 3.8) is 0 Å².